The number of hydrogen-bond acceptors (Lipinski definition) is 3. The minimum atomic E-state index is -0.594. The van der Waals surface area contributed by atoms with Gasteiger partial charge in [0.2, 0.25) is 0 Å². The van der Waals surface area contributed by atoms with Gasteiger partial charge in [-0.2, -0.15) is 0 Å². The van der Waals surface area contributed by atoms with Gasteiger partial charge in [0, 0.05) is 5.38 Å². The summed E-state index contributed by atoms with van der Waals surface area (Å²) in [5, 5.41) is 12.0. The van der Waals surface area contributed by atoms with Crippen LogP contribution in [0.3, 0.4) is 0 Å². The summed E-state index contributed by atoms with van der Waals surface area (Å²) in [4.78, 5) is 4.14. The fraction of sp³-hybridized carbons (Fsp3) is 0.308. The average molecular weight is 233 g/mol. The van der Waals surface area contributed by atoms with Crippen LogP contribution >= 0.6 is 11.3 Å². The molecule has 84 valence electrons. The van der Waals surface area contributed by atoms with Crippen molar-refractivity contribution < 1.29 is 5.11 Å². The number of thiazole rings is 1. The van der Waals surface area contributed by atoms with Crippen molar-refractivity contribution in [1.29, 1.82) is 0 Å². The molecule has 1 aromatic carbocycles. The predicted octanol–water partition coefficient (Wildman–Crippen LogP) is 3.18. The molecular weight excluding hydrogens is 218 g/mol. The second-order valence-corrected chi connectivity index (χ2v) is 4.53. The summed E-state index contributed by atoms with van der Waals surface area (Å²) in [6, 6.07) is 8.10. The predicted molar refractivity (Wildman–Crippen MR) is 66.6 cm³/mol. The summed E-state index contributed by atoms with van der Waals surface area (Å²) in [5.41, 5.74) is 4.68. The Bertz CT molecular complexity index is 439. The SMILES string of the molecule is CCCc1cccc(C(O)c2cscn2)c1. The summed E-state index contributed by atoms with van der Waals surface area (Å²) >= 11 is 1.51. The van der Waals surface area contributed by atoms with Crippen molar-refractivity contribution in [2.24, 2.45) is 0 Å². The molecule has 0 aliphatic heterocycles. The molecule has 1 unspecified atom stereocenters. The Morgan fingerprint density at radius 1 is 1.44 bits per heavy atom. The van der Waals surface area contributed by atoms with Crippen molar-refractivity contribution >= 4 is 11.3 Å². The van der Waals surface area contributed by atoms with Gasteiger partial charge in [-0.3, -0.25) is 0 Å². The summed E-state index contributed by atoms with van der Waals surface area (Å²) < 4.78 is 0. The number of aliphatic hydroxyl groups is 1. The van der Waals surface area contributed by atoms with Gasteiger partial charge < -0.3 is 5.11 Å². The molecule has 1 heterocycles. The van der Waals surface area contributed by atoms with E-state index in [1.54, 1.807) is 5.51 Å². The minimum absolute atomic E-state index is 0.594. The van der Waals surface area contributed by atoms with E-state index in [2.05, 4.69) is 24.0 Å². The lowest BCUT2D eigenvalue weighted by Crippen LogP contribution is -2.00. The first-order valence-electron chi connectivity index (χ1n) is 5.46. The zero-order valence-electron chi connectivity index (χ0n) is 9.26. The molecule has 0 radical (unpaired) electrons. The number of rotatable bonds is 4. The van der Waals surface area contributed by atoms with E-state index in [4.69, 9.17) is 0 Å². The molecule has 2 nitrogen and oxygen atoms in total. The van der Waals surface area contributed by atoms with E-state index in [-0.39, 0.29) is 0 Å². The van der Waals surface area contributed by atoms with Crippen LogP contribution in [0.2, 0.25) is 0 Å². The first kappa shape index (κ1) is 11.3. The van der Waals surface area contributed by atoms with Crippen molar-refractivity contribution in [3.8, 4) is 0 Å². The van der Waals surface area contributed by atoms with Gasteiger partial charge in [-0.25, -0.2) is 4.98 Å². The third kappa shape index (κ3) is 2.49. The zero-order chi connectivity index (χ0) is 11.4. The maximum absolute atomic E-state index is 10.1. The van der Waals surface area contributed by atoms with Crippen molar-refractivity contribution in [1.82, 2.24) is 4.98 Å². The molecule has 3 heteroatoms. The van der Waals surface area contributed by atoms with Gasteiger partial charge in [0.25, 0.3) is 0 Å². The lowest BCUT2D eigenvalue weighted by Gasteiger charge is -2.09. The molecular formula is C13H15NOS. The Morgan fingerprint density at radius 2 is 2.31 bits per heavy atom. The van der Waals surface area contributed by atoms with Gasteiger partial charge in [0.1, 0.15) is 6.10 Å². The number of benzene rings is 1. The molecule has 0 aliphatic rings. The zero-order valence-corrected chi connectivity index (χ0v) is 10.1. The maximum atomic E-state index is 10.1. The first-order chi connectivity index (χ1) is 7.81. The molecule has 0 saturated carbocycles. The minimum Gasteiger partial charge on any atom is -0.382 e. The van der Waals surface area contributed by atoms with E-state index >= 15 is 0 Å². The molecule has 1 atom stereocenters. The monoisotopic (exact) mass is 233 g/mol. The number of nitrogens with zero attached hydrogens (tertiary/aromatic N) is 1. The molecule has 0 saturated heterocycles. The van der Waals surface area contributed by atoms with E-state index in [1.165, 1.54) is 16.9 Å². The van der Waals surface area contributed by atoms with Crippen LogP contribution in [-0.2, 0) is 6.42 Å². The van der Waals surface area contributed by atoms with Gasteiger partial charge in [-0.1, -0.05) is 37.6 Å². The highest BCUT2D eigenvalue weighted by Crippen LogP contribution is 2.22. The van der Waals surface area contributed by atoms with Crippen molar-refractivity contribution in [2.45, 2.75) is 25.9 Å². The van der Waals surface area contributed by atoms with Crippen molar-refractivity contribution in [3.05, 3.63) is 52.0 Å². The topological polar surface area (TPSA) is 33.1 Å². The Hall–Kier alpha value is -1.19. The molecule has 1 N–H and O–H groups in total. The number of aryl methyl sites for hydroxylation is 1. The summed E-state index contributed by atoms with van der Waals surface area (Å²) in [6.45, 7) is 2.16. The second kappa shape index (κ2) is 5.23. The molecule has 0 fully saturated rings. The van der Waals surface area contributed by atoms with Crippen molar-refractivity contribution in [3.63, 3.8) is 0 Å². The van der Waals surface area contributed by atoms with Crippen LogP contribution in [0.5, 0.6) is 0 Å². The average Bonchev–Trinajstić information content (AvgIpc) is 2.82. The van der Waals surface area contributed by atoms with Gasteiger partial charge in [0.05, 0.1) is 11.2 Å². The Kier molecular flexibility index (Phi) is 3.70. The third-order valence-corrected chi connectivity index (χ3v) is 3.14. The van der Waals surface area contributed by atoms with Crippen LogP contribution < -0.4 is 0 Å². The molecule has 1 aromatic heterocycles. The Balaban J connectivity index is 2.23. The van der Waals surface area contributed by atoms with E-state index in [0.29, 0.717) is 0 Å². The molecule has 0 bridgehead atoms. The first-order valence-corrected chi connectivity index (χ1v) is 6.40. The molecule has 0 aliphatic carbocycles. The smallest absolute Gasteiger partial charge is 0.122 e. The van der Waals surface area contributed by atoms with Gasteiger partial charge >= 0.3 is 0 Å². The van der Waals surface area contributed by atoms with Crippen LogP contribution in [-0.4, -0.2) is 10.1 Å². The Morgan fingerprint density at radius 3 is 3.00 bits per heavy atom. The van der Waals surface area contributed by atoms with E-state index in [1.807, 2.05) is 17.5 Å². The largest absolute Gasteiger partial charge is 0.382 e. The number of aliphatic hydroxyl groups excluding tert-OH is 1. The normalized spacial score (nSPS) is 12.6. The van der Waals surface area contributed by atoms with E-state index < -0.39 is 6.10 Å². The summed E-state index contributed by atoms with van der Waals surface area (Å²) in [6.07, 6.45) is 1.58. The quantitative estimate of drug-likeness (QED) is 0.879. The molecule has 16 heavy (non-hydrogen) atoms. The van der Waals surface area contributed by atoms with Gasteiger partial charge in [-0.15, -0.1) is 11.3 Å². The fourth-order valence-corrected chi connectivity index (χ4v) is 2.31. The Labute approximate surface area is 99.6 Å². The highest BCUT2D eigenvalue weighted by molar-refractivity contribution is 7.07. The standard InChI is InChI=1S/C13H15NOS/c1-2-4-10-5-3-6-11(7-10)13(15)12-8-16-9-14-12/h3,5-9,13,15H,2,4H2,1H3. The fourth-order valence-electron chi connectivity index (χ4n) is 1.74. The molecule has 0 spiro atoms. The van der Waals surface area contributed by atoms with Gasteiger partial charge in [0.15, 0.2) is 0 Å². The highest BCUT2D eigenvalue weighted by atomic mass is 32.1. The van der Waals surface area contributed by atoms with Crippen LogP contribution in [0.25, 0.3) is 0 Å². The molecule has 0 amide bonds. The van der Waals surface area contributed by atoms with Gasteiger partial charge in [-0.05, 0) is 17.5 Å². The second-order valence-electron chi connectivity index (χ2n) is 3.81. The lowest BCUT2D eigenvalue weighted by molar-refractivity contribution is 0.216. The van der Waals surface area contributed by atoms with E-state index in [9.17, 15) is 5.11 Å². The van der Waals surface area contributed by atoms with Crippen molar-refractivity contribution in [2.75, 3.05) is 0 Å². The summed E-state index contributed by atoms with van der Waals surface area (Å²) in [5.74, 6) is 0. The molecule has 2 rings (SSSR count). The highest BCUT2D eigenvalue weighted by Gasteiger charge is 2.12. The molecule has 2 aromatic rings. The van der Waals surface area contributed by atoms with Crippen LogP contribution in [0, 0.1) is 0 Å². The summed E-state index contributed by atoms with van der Waals surface area (Å²) in [7, 11) is 0. The van der Waals surface area contributed by atoms with E-state index in [0.717, 1.165) is 24.1 Å². The van der Waals surface area contributed by atoms with Crippen LogP contribution in [0.4, 0.5) is 0 Å². The maximum Gasteiger partial charge on any atom is 0.122 e. The number of aromatic nitrogens is 1. The third-order valence-electron chi connectivity index (χ3n) is 2.54. The lowest BCUT2D eigenvalue weighted by atomic mass is 10.0. The number of hydrogen-bond donors (Lipinski definition) is 1. The van der Waals surface area contributed by atoms with Crippen LogP contribution in [0.1, 0.15) is 36.3 Å². The van der Waals surface area contributed by atoms with Crippen LogP contribution in [0.15, 0.2) is 35.2 Å².